The minimum Gasteiger partial charge on any atom is -0.344 e. The molecule has 0 saturated carbocycles. The van der Waals surface area contributed by atoms with Gasteiger partial charge >= 0.3 is 0 Å². The molecule has 120 valence electrons. The van der Waals surface area contributed by atoms with E-state index in [1.54, 1.807) is 9.80 Å². The van der Waals surface area contributed by atoms with Crippen molar-refractivity contribution in [3.8, 4) is 0 Å². The van der Waals surface area contributed by atoms with E-state index in [-0.39, 0.29) is 17.1 Å². The van der Waals surface area contributed by atoms with Crippen molar-refractivity contribution in [1.29, 1.82) is 0 Å². The van der Waals surface area contributed by atoms with Gasteiger partial charge < -0.3 is 9.80 Å². The quantitative estimate of drug-likeness (QED) is 0.899. The maximum Gasteiger partial charge on any atom is 0.248 e. The molecular weight excluding hydrogens is 306 g/mol. The smallest absolute Gasteiger partial charge is 0.248 e. The molecule has 0 radical (unpaired) electrons. The van der Waals surface area contributed by atoms with E-state index >= 15 is 0 Å². The second-order valence-corrected chi connectivity index (χ2v) is 6.40. The molecule has 1 aromatic heterocycles. The van der Waals surface area contributed by atoms with Gasteiger partial charge in [-0.1, -0.05) is 0 Å². The van der Waals surface area contributed by atoms with Gasteiger partial charge in [-0.2, -0.15) is 0 Å². The summed E-state index contributed by atoms with van der Waals surface area (Å²) in [6, 6.07) is 0. The lowest BCUT2D eigenvalue weighted by molar-refractivity contribution is -0.154. The molecule has 0 bridgehead atoms. The number of likely N-dealkylation sites (N-methyl/N-ethyl adjacent to an activating group) is 1. The number of H-pyrrole nitrogens is 1. The fourth-order valence-electron chi connectivity index (χ4n) is 3.64. The van der Waals surface area contributed by atoms with E-state index in [1.165, 1.54) is 0 Å². The highest BCUT2D eigenvalue weighted by Crippen LogP contribution is 2.38. The Morgan fingerprint density at radius 2 is 2.09 bits per heavy atom. The number of aromatic nitrogens is 3. The third kappa shape index (κ3) is 2.58. The molecule has 22 heavy (non-hydrogen) atoms. The number of nitrogens with one attached hydrogen (secondary N) is 1. The van der Waals surface area contributed by atoms with Crippen molar-refractivity contribution in [3.63, 3.8) is 0 Å². The van der Waals surface area contributed by atoms with Crippen LogP contribution in [0.3, 0.4) is 0 Å². The number of rotatable bonds is 3. The number of likely N-dealkylation sites (tertiary alicyclic amines) is 2. The molecule has 2 aliphatic heterocycles. The maximum absolute atomic E-state index is 12.6. The van der Waals surface area contributed by atoms with Gasteiger partial charge in [-0.25, -0.2) is 4.98 Å². The Kier molecular flexibility index (Phi) is 4.08. The van der Waals surface area contributed by atoms with Crippen LogP contribution in [0.5, 0.6) is 0 Å². The fourth-order valence-corrected chi connectivity index (χ4v) is 3.79. The molecule has 1 N–H and O–H groups in total. The molecular formula is C14H20ClN5O2. The van der Waals surface area contributed by atoms with E-state index in [4.69, 9.17) is 11.6 Å². The predicted molar refractivity (Wildman–Crippen MR) is 80.3 cm³/mol. The van der Waals surface area contributed by atoms with Crippen molar-refractivity contribution in [3.05, 3.63) is 11.1 Å². The molecule has 1 atom stereocenters. The summed E-state index contributed by atoms with van der Waals surface area (Å²) in [6.07, 6.45) is 4.15. The number of amides is 2. The first kappa shape index (κ1) is 15.3. The van der Waals surface area contributed by atoms with Crippen molar-refractivity contribution in [2.75, 3.05) is 20.1 Å². The third-order valence-corrected chi connectivity index (χ3v) is 4.87. The average molecular weight is 326 g/mol. The van der Waals surface area contributed by atoms with Crippen molar-refractivity contribution >= 4 is 23.4 Å². The lowest BCUT2D eigenvalue weighted by Gasteiger charge is -2.43. The second kappa shape index (κ2) is 5.87. The molecule has 7 nitrogen and oxygen atoms in total. The van der Waals surface area contributed by atoms with Gasteiger partial charge in [0.2, 0.25) is 17.1 Å². The van der Waals surface area contributed by atoms with Crippen molar-refractivity contribution in [2.45, 2.75) is 44.1 Å². The van der Waals surface area contributed by atoms with Crippen LogP contribution in [0.15, 0.2) is 0 Å². The van der Waals surface area contributed by atoms with E-state index in [1.807, 2.05) is 7.05 Å². The minimum absolute atomic E-state index is 0.00803. The molecule has 1 spiro atoms. The zero-order valence-electron chi connectivity index (χ0n) is 12.6. The van der Waals surface area contributed by atoms with Gasteiger partial charge in [0.05, 0.1) is 0 Å². The van der Waals surface area contributed by atoms with Gasteiger partial charge in [-0.05, 0) is 37.3 Å². The molecule has 0 aliphatic carbocycles. The summed E-state index contributed by atoms with van der Waals surface area (Å²) in [5, 5.41) is 6.60. The Morgan fingerprint density at radius 1 is 1.36 bits per heavy atom. The molecule has 2 fully saturated rings. The molecule has 2 amide bonds. The average Bonchev–Trinajstić information content (AvgIpc) is 3.09. The van der Waals surface area contributed by atoms with E-state index in [0.29, 0.717) is 25.2 Å². The molecule has 8 heteroatoms. The highest BCUT2D eigenvalue weighted by molar-refractivity contribution is 6.28. The lowest BCUT2D eigenvalue weighted by Crippen LogP contribution is -2.60. The Morgan fingerprint density at radius 3 is 2.77 bits per heavy atom. The van der Waals surface area contributed by atoms with Crippen LogP contribution < -0.4 is 0 Å². The third-order valence-electron chi connectivity index (χ3n) is 4.70. The largest absolute Gasteiger partial charge is 0.344 e. The zero-order valence-corrected chi connectivity index (χ0v) is 13.4. The normalized spacial score (nSPS) is 25.3. The van der Waals surface area contributed by atoms with Gasteiger partial charge in [0.25, 0.3) is 0 Å². The van der Waals surface area contributed by atoms with Crippen LogP contribution in [0, 0.1) is 0 Å². The summed E-state index contributed by atoms with van der Waals surface area (Å²) < 4.78 is 0. The number of carbonyl (C=O) groups excluding carboxylic acids is 2. The summed E-state index contributed by atoms with van der Waals surface area (Å²) in [7, 11) is 1.82. The monoisotopic (exact) mass is 325 g/mol. The number of aryl methyl sites for hydroxylation is 1. The number of aromatic amines is 1. The van der Waals surface area contributed by atoms with Gasteiger partial charge in [-0.3, -0.25) is 14.7 Å². The van der Waals surface area contributed by atoms with Crippen LogP contribution in [0.1, 0.15) is 37.9 Å². The lowest BCUT2D eigenvalue weighted by atomic mass is 9.85. The second-order valence-electron chi connectivity index (χ2n) is 6.06. The first-order valence-electron chi connectivity index (χ1n) is 7.66. The summed E-state index contributed by atoms with van der Waals surface area (Å²) >= 11 is 5.66. The van der Waals surface area contributed by atoms with Crippen LogP contribution in [0.2, 0.25) is 5.28 Å². The van der Waals surface area contributed by atoms with Crippen LogP contribution in [0.25, 0.3) is 0 Å². The number of hydrogen-bond acceptors (Lipinski definition) is 4. The van der Waals surface area contributed by atoms with E-state index in [0.717, 1.165) is 32.2 Å². The Balaban J connectivity index is 1.69. The highest BCUT2D eigenvalue weighted by Gasteiger charge is 2.51. The summed E-state index contributed by atoms with van der Waals surface area (Å²) in [4.78, 5) is 32.8. The standard InChI is InChI=1S/C14H20ClN5O2/c1-19-8-2-6-14(12(19)22)7-3-9-20(14)11(21)5-4-10-16-13(15)18-17-10/h2-9H2,1H3,(H,16,17,18). The van der Waals surface area contributed by atoms with Gasteiger partial charge in [0.1, 0.15) is 11.4 Å². The molecule has 0 aromatic carbocycles. The summed E-state index contributed by atoms with van der Waals surface area (Å²) in [5.41, 5.74) is -0.608. The molecule has 3 rings (SSSR count). The number of halogens is 1. The van der Waals surface area contributed by atoms with E-state index in [2.05, 4.69) is 15.2 Å². The molecule has 3 heterocycles. The van der Waals surface area contributed by atoms with Crippen LogP contribution in [0.4, 0.5) is 0 Å². The zero-order chi connectivity index (χ0) is 15.7. The molecule has 1 unspecified atom stereocenters. The SMILES string of the molecule is CN1CCCC2(CCCN2C(=O)CCc2nc(Cl)n[nH]2)C1=O. The van der Waals surface area contributed by atoms with Crippen molar-refractivity contribution < 1.29 is 9.59 Å². The number of nitrogens with zero attached hydrogens (tertiary/aromatic N) is 4. The van der Waals surface area contributed by atoms with E-state index < -0.39 is 5.54 Å². The molecule has 2 saturated heterocycles. The van der Waals surface area contributed by atoms with Crippen LogP contribution >= 0.6 is 11.6 Å². The Hall–Kier alpha value is -1.63. The van der Waals surface area contributed by atoms with Crippen molar-refractivity contribution in [1.82, 2.24) is 25.0 Å². The first-order chi connectivity index (χ1) is 10.5. The van der Waals surface area contributed by atoms with E-state index in [9.17, 15) is 9.59 Å². The number of piperidine rings is 1. The predicted octanol–water partition coefficient (Wildman–Crippen LogP) is 1.00. The molecule has 2 aliphatic rings. The highest BCUT2D eigenvalue weighted by atomic mass is 35.5. The Bertz CT molecular complexity index is 590. The Labute approximate surface area is 134 Å². The van der Waals surface area contributed by atoms with Crippen LogP contribution in [-0.4, -0.2) is 62.5 Å². The first-order valence-corrected chi connectivity index (χ1v) is 8.03. The summed E-state index contributed by atoms with van der Waals surface area (Å²) in [5.74, 6) is 0.694. The topological polar surface area (TPSA) is 82.2 Å². The van der Waals surface area contributed by atoms with Gasteiger partial charge in [0.15, 0.2) is 0 Å². The van der Waals surface area contributed by atoms with Gasteiger partial charge in [0, 0.05) is 33.0 Å². The van der Waals surface area contributed by atoms with Gasteiger partial charge in [-0.15, -0.1) is 5.10 Å². The number of carbonyl (C=O) groups is 2. The van der Waals surface area contributed by atoms with Crippen molar-refractivity contribution in [2.24, 2.45) is 0 Å². The minimum atomic E-state index is -0.608. The summed E-state index contributed by atoms with van der Waals surface area (Å²) in [6.45, 7) is 1.44. The fraction of sp³-hybridized carbons (Fsp3) is 0.714. The molecule has 1 aromatic rings. The maximum atomic E-state index is 12.6. The number of hydrogen-bond donors (Lipinski definition) is 1. The van der Waals surface area contributed by atoms with Crippen LogP contribution in [-0.2, 0) is 16.0 Å².